The van der Waals surface area contributed by atoms with Crippen LogP contribution in [0.1, 0.15) is 61.3 Å². The highest BCUT2D eigenvalue weighted by atomic mass is 16.7. The minimum Gasteiger partial charge on any atom is -0.396 e. The average Bonchev–Trinajstić information content (AvgIpc) is 2.89. The third kappa shape index (κ3) is 3.63. The van der Waals surface area contributed by atoms with Crippen LogP contribution in [0.5, 0.6) is 0 Å². The first-order valence-corrected chi connectivity index (χ1v) is 9.89. The third-order valence-corrected chi connectivity index (χ3v) is 6.54. The van der Waals surface area contributed by atoms with E-state index in [1.165, 1.54) is 0 Å². The molecule has 3 saturated heterocycles. The quantitative estimate of drug-likeness (QED) is 0.837. The number of aliphatic hydroxyl groups is 1. The lowest BCUT2D eigenvalue weighted by atomic mass is 9.77. The van der Waals surface area contributed by atoms with Gasteiger partial charge in [0.15, 0.2) is 11.6 Å². The smallest absolute Gasteiger partial charge is 0.166 e. The minimum absolute atomic E-state index is 0.0244. The van der Waals surface area contributed by atoms with E-state index in [9.17, 15) is 5.11 Å². The molecule has 3 aliphatic heterocycles. The first kappa shape index (κ1) is 19.6. The van der Waals surface area contributed by atoms with E-state index in [0.717, 1.165) is 12.8 Å². The molecule has 0 aromatic heterocycles. The molecule has 3 fully saturated rings. The topological polar surface area (TPSA) is 57.2 Å². The molecule has 3 rings (SSSR count). The predicted octanol–water partition coefficient (Wildman–Crippen LogP) is 3.34. The molecule has 0 radical (unpaired) electrons. The Balaban J connectivity index is 1.81. The summed E-state index contributed by atoms with van der Waals surface area (Å²) < 4.78 is 25.1. The van der Waals surface area contributed by atoms with Gasteiger partial charge in [0, 0.05) is 36.7 Å². The van der Waals surface area contributed by atoms with Gasteiger partial charge in [0.05, 0.1) is 24.4 Å². The second kappa shape index (κ2) is 6.75. The summed E-state index contributed by atoms with van der Waals surface area (Å²) in [7, 11) is 0. The van der Waals surface area contributed by atoms with E-state index in [-0.39, 0.29) is 48.8 Å². The highest BCUT2D eigenvalue weighted by molar-refractivity contribution is 4.97. The van der Waals surface area contributed by atoms with Crippen molar-refractivity contribution in [3.05, 3.63) is 0 Å². The second-order valence-electron chi connectivity index (χ2n) is 9.21. The largest absolute Gasteiger partial charge is 0.396 e. The Morgan fingerprint density at radius 2 is 1.52 bits per heavy atom. The molecule has 5 nitrogen and oxygen atoms in total. The lowest BCUT2D eigenvalue weighted by Gasteiger charge is -2.51. The van der Waals surface area contributed by atoms with E-state index in [1.807, 2.05) is 20.8 Å². The summed E-state index contributed by atoms with van der Waals surface area (Å²) in [4.78, 5) is 0. The summed E-state index contributed by atoms with van der Waals surface area (Å²) in [6, 6.07) is 0. The van der Waals surface area contributed by atoms with E-state index in [2.05, 4.69) is 27.7 Å². The molecule has 3 heterocycles. The average molecular weight is 357 g/mol. The molecule has 0 spiro atoms. The molecule has 0 aromatic carbocycles. The molecule has 0 aromatic rings. The molecule has 9 atom stereocenters. The van der Waals surface area contributed by atoms with Crippen LogP contribution in [0.15, 0.2) is 0 Å². The Morgan fingerprint density at radius 3 is 2.16 bits per heavy atom. The second-order valence-corrected chi connectivity index (χ2v) is 9.21. The highest BCUT2D eigenvalue weighted by Crippen LogP contribution is 2.47. The summed E-state index contributed by atoms with van der Waals surface area (Å²) >= 11 is 0. The lowest BCUT2D eigenvalue weighted by molar-refractivity contribution is -0.355. The van der Waals surface area contributed by atoms with Crippen molar-refractivity contribution < 1.29 is 24.1 Å². The van der Waals surface area contributed by atoms with Crippen LogP contribution in [0.3, 0.4) is 0 Å². The van der Waals surface area contributed by atoms with Crippen molar-refractivity contribution in [1.29, 1.82) is 0 Å². The Labute approximate surface area is 152 Å². The predicted molar refractivity (Wildman–Crippen MR) is 95.0 cm³/mol. The number of aliphatic hydroxyl groups excluding tert-OH is 1. The van der Waals surface area contributed by atoms with E-state index in [0.29, 0.717) is 5.92 Å². The summed E-state index contributed by atoms with van der Waals surface area (Å²) in [5, 5.41) is 9.64. The molecule has 0 saturated carbocycles. The van der Waals surface area contributed by atoms with Crippen LogP contribution >= 0.6 is 0 Å². The van der Waals surface area contributed by atoms with Gasteiger partial charge < -0.3 is 24.1 Å². The van der Waals surface area contributed by atoms with Crippen molar-refractivity contribution in [2.75, 3.05) is 6.61 Å². The van der Waals surface area contributed by atoms with E-state index >= 15 is 0 Å². The maximum Gasteiger partial charge on any atom is 0.166 e. The fraction of sp³-hybridized carbons (Fsp3) is 1.00. The summed E-state index contributed by atoms with van der Waals surface area (Å²) in [5.74, 6) is -0.260. The number of hydrogen-bond donors (Lipinski definition) is 1. The molecular formula is C20H36O5. The Kier molecular flexibility index (Phi) is 5.28. The van der Waals surface area contributed by atoms with Gasteiger partial charge in [-0.15, -0.1) is 0 Å². The molecule has 25 heavy (non-hydrogen) atoms. The van der Waals surface area contributed by atoms with E-state index in [1.54, 1.807) is 0 Å². The molecule has 3 aliphatic rings. The molecule has 0 amide bonds. The van der Waals surface area contributed by atoms with Crippen molar-refractivity contribution in [3.8, 4) is 0 Å². The molecule has 5 heteroatoms. The van der Waals surface area contributed by atoms with Crippen LogP contribution in [-0.4, -0.2) is 47.7 Å². The zero-order chi connectivity index (χ0) is 18.6. The molecule has 0 unspecified atom stereocenters. The zero-order valence-corrected chi connectivity index (χ0v) is 16.8. The SMILES string of the molecule is C[C@@H]([C@H]1O[C@]2(C)CC[C@H](O2)[C@H]1C)[C@@H]1OC(C)(C)O[C@@H]([C@@H](C)CO)[C@H]1C. The third-order valence-electron chi connectivity index (χ3n) is 6.54. The maximum atomic E-state index is 9.64. The fourth-order valence-electron chi connectivity index (χ4n) is 5.09. The van der Waals surface area contributed by atoms with Gasteiger partial charge in [-0.2, -0.15) is 0 Å². The lowest BCUT2D eigenvalue weighted by Crippen LogP contribution is -2.58. The van der Waals surface area contributed by atoms with E-state index in [4.69, 9.17) is 18.9 Å². The highest BCUT2D eigenvalue weighted by Gasteiger charge is 2.53. The van der Waals surface area contributed by atoms with Crippen LogP contribution in [0, 0.1) is 23.7 Å². The molecule has 2 bridgehead atoms. The fourth-order valence-corrected chi connectivity index (χ4v) is 5.09. The van der Waals surface area contributed by atoms with Crippen molar-refractivity contribution in [1.82, 2.24) is 0 Å². The number of rotatable bonds is 4. The molecular weight excluding hydrogens is 320 g/mol. The van der Waals surface area contributed by atoms with Crippen molar-refractivity contribution >= 4 is 0 Å². The van der Waals surface area contributed by atoms with Crippen LogP contribution in [-0.2, 0) is 18.9 Å². The Hall–Kier alpha value is -0.200. The van der Waals surface area contributed by atoms with Crippen LogP contribution in [0.4, 0.5) is 0 Å². The summed E-state index contributed by atoms with van der Waals surface area (Å²) in [5.41, 5.74) is 0. The summed E-state index contributed by atoms with van der Waals surface area (Å²) in [6.07, 6.45) is 2.42. The Morgan fingerprint density at radius 1 is 0.920 bits per heavy atom. The zero-order valence-electron chi connectivity index (χ0n) is 16.8. The van der Waals surface area contributed by atoms with Crippen molar-refractivity contribution in [2.24, 2.45) is 23.7 Å². The molecule has 0 aliphatic carbocycles. The van der Waals surface area contributed by atoms with Gasteiger partial charge in [-0.05, 0) is 27.2 Å². The van der Waals surface area contributed by atoms with Gasteiger partial charge in [0.2, 0.25) is 0 Å². The number of fused-ring (bicyclic) bond motifs is 2. The minimum atomic E-state index is -0.656. The summed E-state index contributed by atoms with van der Waals surface area (Å²) in [6.45, 7) is 14.8. The molecule has 146 valence electrons. The number of ether oxygens (including phenoxy) is 4. The first-order chi connectivity index (χ1) is 11.6. The Bertz CT molecular complexity index is 481. The molecule has 1 N–H and O–H groups in total. The monoisotopic (exact) mass is 356 g/mol. The number of hydrogen-bond acceptors (Lipinski definition) is 5. The van der Waals surface area contributed by atoms with Crippen LogP contribution in [0.25, 0.3) is 0 Å². The van der Waals surface area contributed by atoms with Gasteiger partial charge in [-0.3, -0.25) is 0 Å². The first-order valence-electron chi connectivity index (χ1n) is 9.89. The normalized spacial score (nSPS) is 49.0. The van der Waals surface area contributed by atoms with Gasteiger partial charge in [-0.1, -0.05) is 27.7 Å². The maximum absolute atomic E-state index is 9.64. The van der Waals surface area contributed by atoms with Crippen molar-refractivity contribution in [2.45, 2.75) is 97.3 Å². The van der Waals surface area contributed by atoms with Crippen LogP contribution < -0.4 is 0 Å². The van der Waals surface area contributed by atoms with Gasteiger partial charge >= 0.3 is 0 Å². The van der Waals surface area contributed by atoms with E-state index < -0.39 is 11.6 Å². The van der Waals surface area contributed by atoms with Crippen LogP contribution in [0.2, 0.25) is 0 Å². The standard InChI is InChI=1S/C20H36O5/c1-11(10-21)16-13(3)18(24-19(5,6)23-16)14(4)17-12(2)15-8-9-20(7,22-15)25-17/h11-18,21H,8-10H2,1-7H3/t11-,12+,13+,14-,15-,16-,17-,18+,20+/m0/s1. The van der Waals surface area contributed by atoms with Gasteiger partial charge in [0.25, 0.3) is 0 Å². The van der Waals surface area contributed by atoms with Gasteiger partial charge in [-0.25, -0.2) is 0 Å². The van der Waals surface area contributed by atoms with Gasteiger partial charge in [0.1, 0.15) is 0 Å². The van der Waals surface area contributed by atoms with Crippen molar-refractivity contribution in [3.63, 3.8) is 0 Å².